The standard InChI is InChI=1S/C16H18N2O/c1-3-10-7-11-8-14-13(5-6-15(19)18-14)16(17,9-10)12(11)4-2/h3-7,11H,1,8-9,17H2,2H3,(H,18,19)/b12-4+/t11-,16+/m1/s1. The first-order chi connectivity index (χ1) is 9.08. The van der Waals surface area contributed by atoms with Crippen LogP contribution in [0.25, 0.3) is 0 Å². The number of allylic oxidation sites excluding steroid dienone is 3. The van der Waals surface area contributed by atoms with Gasteiger partial charge in [-0.25, -0.2) is 0 Å². The number of aromatic amines is 1. The van der Waals surface area contributed by atoms with Crippen LogP contribution in [-0.4, -0.2) is 4.98 Å². The zero-order valence-corrected chi connectivity index (χ0v) is 11.1. The molecule has 0 radical (unpaired) electrons. The lowest BCUT2D eigenvalue weighted by molar-refractivity contribution is 0.413. The summed E-state index contributed by atoms with van der Waals surface area (Å²) in [4.78, 5) is 14.4. The van der Waals surface area contributed by atoms with Crippen molar-refractivity contribution in [3.8, 4) is 0 Å². The van der Waals surface area contributed by atoms with Crippen molar-refractivity contribution in [3.05, 3.63) is 69.7 Å². The summed E-state index contributed by atoms with van der Waals surface area (Å²) in [6, 6.07) is 3.44. The molecule has 0 fully saturated rings. The summed E-state index contributed by atoms with van der Waals surface area (Å²) in [5, 5.41) is 0. The van der Waals surface area contributed by atoms with Crippen LogP contribution in [0.5, 0.6) is 0 Å². The van der Waals surface area contributed by atoms with Crippen LogP contribution in [0.2, 0.25) is 0 Å². The third kappa shape index (κ3) is 1.65. The predicted octanol–water partition coefficient (Wildman–Crippen LogP) is 2.16. The molecule has 0 saturated heterocycles. The van der Waals surface area contributed by atoms with E-state index < -0.39 is 5.54 Å². The van der Waals surface area contributed by atoms with Crippen LogP contribution < -0.4 is 11.3 Å². The van der Waals surface area contributed by atoms with Gasteiger partial charge in [0.05, 0.1) is 5.54 Å². The minimum absolute atomic E-state index is 0.0581. The van der Waals surface area contributed by atoms with Crippen molar-refractivity contribution in [2.24, 2.45) is 11.7 Å². The number of hydrogen-bond donors (Lipinski definition) is 2. The van der Waals surface area contributed by atoms with E-state index in [9.17, 15) is 4.79 Å². The molecule has 3 heteroatoms. The van der Waals surface area contributed by atoms with Gasteiger partial charge >= 0.3 is 0 Å². The minimum atomic E-state index is -0.504. The summed E-state index contributed by atoms with van der Waals surface area (Å²) in [6.07, 6.45) is 7.78. The van der Waals surface area contributed by atoms with Crippen molar-refractivity contribution < 1.29 is 0 Å². The van der Waals surface area contributed by atoms with Gasteiger partial charge in [0.1, 0.15) is 0 Å². The molecule has 19 heavy (non-hydrogen) atoms. The molecule has 0 saturated carbocycles. The van der Waals surface area contributed by atoms with Crippen molar-refractivity contribution in [1.82, 2.24) is 4.98 Å². The van der Waals surface area contributed by atoms with Gasteiger partial charge in [0.2, 0.25) is 5.56 Å². The van der Waals surface area contributed by atoms with E-state index >= 15 is 0 Å². The molecule has 3 rings (SSSR count). The number of fused-ring (bicyclic) bond motifs is 4. The zero-order valence-electron chi connectivity index (χ0n) is 11.1. The van der Waals surface area contributed by atoms with Gasteiger partial charge in [-0.15, -0.1) is 0 Å². The Hall–Kier alpha value is -1.87. The second-order valence-electron chi connectivity index (χ2n) is 5.36. The minimum Gasteiger partial charge on any atom is -0.326 e. The Morgan fingerprint density at radius 1 is 1.53 bits per heavy atom. The maximum absolute atomic E-state index is 11.5. The van der Waals surface area contributed by atoms with Gasteiger partial charge in [0.15, 0.2) is 0 Å². The summed E-state index contributed by atoms with van der Waals surface area (Å²) in [7, 11) is 0. The van der Waals surface area contributed by atoms with Crippen molar-refractivity contribution in [3.63, 3.8) is 0 Å². The topological polar surface area (TPSA) is 58.9 Å². The van der Waals surface area contributed by atoms with E-state index in [1.807, 2.05) is 19.1 Å². The molecule has 2 bridgehead atoms. The zero-order chi connectivity index (χ0) is 13.6. The van der Waals surface area contributed by atoms with E-state index in [1.54, 1.807) is 6.07 Å². The van der Waals surface area contributed by atoms with Crippen LogP contribution in [0.3, 0.4) is 0 Å². The fourth-order valence-corrected chi connectivity index (χ4v) is 3.51. The van der Waals surface area contributed by atoms with Gasteiger partial charge in [-0.2, -0.15) is 0 Å². The molecule has 2 aliphatic carbocycles. The Morgan fingerprint density at radius 3 is 3.00 bits per heavy atom. The summed E-state index contributed by atoms with van der Waals surface area (Å²) >= 11 is 0. The quantitative estimate of drug-likeness (QED) is 0.754. The summed E-state index contributed by atoms with van der Waals surface area (Å²) in [5.41, 5.74) is 10.6. The van der Waals surface area contributed by atoms with E-state index in [4.69, 9.17) is 5.73 Å². The Balaban J connectivity index is 2.26. The molecule has 98 valence electrons. The third-order valence-electron chi connectivity index (χ3n) is 4.29. The van der Waals surface area contributed by atoms with Gasteiger partial charge in [0.25, 0.3) is 0 Å². The van der Waals surface area contributed by atoms with Crippen LogP contribution in [0.15, 0.2) is 52.9 Å². The molecule has 0 unspecified atom stereocenters. The molecule has 0 aliphatic heterocycles. The van der Waals surface area contributed by atoms with E-state index in [1.165, 1.54) is 11.1 Å². The number of rotatable bonds is 1. The smallest absolute Gasteiger partial charge is 0.248 e. The molecule has 3 nitrogen and oxygen atoms in total. The Bertz CT molecular complexity index is 666. The Morgan fingerprint density at radius 2 is 2.32 bits per heavy atom. The molecule has 2 aliphatic rings. The second-order valence-corrected chi connectivity index (χ2v) is 5.36. The van der Waals surface area contributed by atoms with E-state index in [-0.39, 0.29) is 11.5 Å². The lowest BCUT2D eigenvalue weighted by atomic mass is 9.63. The van der Waals surface area contributed by atoms with Crippen LogP contribution in [0.1, 0.15) is 24.6 Å². The molecule has 0 spiro atoms. The maximum atomic E-state index is 11.5. The van der Waals surface area contributed by atoms with Gasteiger partial charge in [0, 0.05) is 17.7 Å². The highest BCUT2D eigenvalue weighted by Crippen LogP contribution is 2.47. The molecular formula is C16H18N2O. The van der Waals surface area contributed by atoms with Crippen molar-refractivity contribution in [1.29, 1.82) is 0 Å². The molecular weight excluding hydrogens is 236 g/mol. The third-order valence-corrected chi connectivity index (χ3v) is 4.29. The average molecular weight is 254 g/mol. The summed E-state index contributed by atoms with van der Waals surface area (Å²) in [6.45, 7) is 5.90. The van der Waals surface area contributed by atoms with Gasteiger partial charge in [-0.1, -0.05) is 24.8 Å². The molecule has 2 atom stereocenters. The number of aromatic nitrogens is 1. The number of nitrogens with one attached hydrogen (secondary N) is 1. The van der Waals surface area contributed by atoms with Gasteiger partial charge in [-0.05, 0) is 42.5 Å². The first kappa shape index (κ1) is 12.2. The normalized spacial score (nSPS) is 30.7. The molecule has 0 amide bonds. The highest BCUT2D eigenvalue weighted by atomic mass is 16.1. The molecule has 1 aromatic heterocycles. The lowest BCUT2D eigenvalue weighted by Gasteiger charge is -2.45. The van der Waals surface area contributed by atoms with Crippen molar-refractivity contribution in [2.45, 2.75) is 25.3 Å². The monoisotopic (exact) mass is 254 g/mol. The summed E-state index contributed by atoms with van der Waals surface area (Å²) in [5.74, 6) is 0.266. The number of pyridine rings is 1. The van der Waals surface area contributed by atoms with Crippen LogP contribution in [0, 0.1) is 5.92 Å². The molecule has 0 aromatic carbocycles. The van der Waals surface area contributed by atoms with Crippen molar-refractivity contribution in [2.75, 3.05) is 0 Å². The van der Waals surface area contributed by atoms with Crippen molar-refractivity contribution >= 4 is 0 Å². The number of nitrogens with two attached hydrogens (primary N) is 1. The second kappa shape index (κ2) is 4.07. The average Bonchev–Trinajstić information content (AvgIpc) is 2.37. The fourth-order valence-electron chi connectivity index (χ4n) is 3.51. The van der Waals surface area contributed by atoms with E-state index in [2.05, 4.69) is 23.7 Å². The van der Waals surface area contributed by atoms with E-state index in [0.29, 0.717) is 0 Å². The van der Waals surface area contributed by atoms with Crippen LogP contribution >= 0.6 is 0 Å². The van der Waals surface area contributed by atoms with Gasteiger partial charge in [-0.3, -0.25) is 4.79 Å². The van der Waals surface area contributed by atoms with E-state index in [0.717, 1.165) is 24.1 Å². The first-order valence-corrected chi connectivity index (χ1v) is 6.60. The van der Waals surface area contributed by atoms with Gasteiger partial charge < -0.3 is 10.7 Å². The lowest BCUT2D eigenvalue weighted by Crippen LogP contribution is -2.48. The predicted molar refractivity (Wildman–Crippen MR) is 76.8 cm³/mol. The molecule has 1 aromatic rings. The number of H-pyrrole nitrogens is 1. The van der Waals surface area contributed by atoms with Crippen LogP contribution in [-0.2, 0) is 12.0 Å². The largest absolute Gasteiger partial charge is 0.326 e. The summed E-state index contributed by atoms with van der Waals surface area (Å²) < 4.78 is 0. The fraction of sp³-hybridized carbons (Fsp3) is 0.312. The number of hydrogen-bond acceptors (Lipinski definition) is 2. The Kier molecular flexibility index (Phi) is 2.61. The highest BCUT2D eigenvalue weighted by Gasteiger charge is 2.43. The molecule has 1 heterocycles. The SMILES string of the molecule is C=CC1=C[C@@H]2Cc3[nH]c(=O)ccc3[C@](N)(C1)/C2=C/C. The van der Waals surface area contributed by atoms with Crippen LogP contribution in [0.4, 0.5) is 0 Å². The maximum Gasteiger partial charge on any atom is 0.248 e. The Labute approximate surface area is 112 Å². The molecule has 3 N–H and O–H groups in total. The first-order valence-electron chi connectivity index (χ1n) is 6.60. The highest BCUT2D eigenvalue weighted by molar-refractivity contribution is 5.50.